The van der Waals surface area contributed by atoms with Gasteiger partial charge in [-0.05, 0) is 43.3 Å². The first kappa shape index (κ1) is 19.0. The number of nitrogens with zero attached hydrogens (tertiary/aromatic N) is 2. The number of anilines is 1. The van der Waals surface area contributed by atoms with Crippen LogP contribution in [-0.4, -0.2) is 35.7 Å². The minimum Gasteiger partial charge on any atom is -0.486 e. The number of carbonyl (C=O) groups is 1. The fourth-order valence-electron chi connectivity index (χ4n) is 3.39. The first-order valence-electron chi connectivity index (χ1n) is 9.79. The van der Waals surface area contributed by atoms with Crippen molar-refractivity contribution in [3.8, 4) is 34.3 Å². The summed E-state index contributed by atoms with van der Waals surface area (Å²) in [6.45, 7) is 2.73. The molecule has 1 atom stereocenters. The SMILES string of the molecule is CC(C(=O)Nc1ccc2c(c1)OCCO2)n1nc(-c2ccc3c(c2)OCO3)ccc1=O. The number of hydrogen-bond acceptors (Lipinski definition) is 7. The molecule has 2 aliphatic rings. The van der Waals surface area contributed by atoms with E-state index in [0.29, 0.717) is 47.6 Å². The smallest absolute Gasteiger partial charge is 0.267 e. The summed E-state index contributed by atoms with van der Waals surface area (Å²) < 4.78 is 22.9. The van der Waals surface area contributed by atoms with Gasteiger partial charge in [0.1, 0.15) is 19.3 Å². The lowest BCUT2D eigenvalue weighted by molar-refractivity contribution is -0.119. The zero-order valence-corrected chi connectivity index (χ0v) is 16.7. The van der Waals surface area contributed by atoms with Crippen molar-refractivity contribution < 1.29 is 23.7 Å². The number of rotatable bonds is 4. The third-order valence-corrected chi connectivity index (χ3v) is 5.05. The fourth-order valence-corrected chi connectivity index (χ4v) is 3.39. The van der Waals surface area contributed by atoms with E-state index < -0.39 is 6.04 Å². The minimum atomic E-state index is -0.838. The minimum absolute atomic E-state index is 0.169. The van der Waals surface area contributed by atoms with Crippen molar-refractivity contribution in [2.75, 3.05) is 25.3 Å². The molecule has 2 aliphatic heterocycles. The quantitative estimate of drug-likeness (QED) is 0.691. The molecule has 0 saturated carbocycles. The molecule has 9 heteroatoms. The number of aromatic nitrogens is 2. The molecule has 0 fully saturated rings. The number of amides is 1. The highest BCUT2D eigenvalue weighted by Gasteiger charge is 2.21. The number of carbonyl (C=O) groups excluding carboxylic acids is 1. The molecular weight excluding hydrogens is 402 g/mol. The Morgan fingerprint density at radius 1 is 0.935 bits per heavy atom. The summed E-state index contributed by atoms with van der Waals surface area (Å²) in [5.41, 5.74) is 1.45. The molecule has 0 bridgehead atoms. The molecule has 0 aliphatic carbocycles. The lowest BCUT2D eigenvalue weighted by Crippen LogP contribution is -2.33. The van der Waals surface area contributed by atoms with Crippen molar-refractivity contribution in [1.82, 2.24) is 9.78 Å². The van der Waals surface area contributed by atoms with Gasteiger partial charge >= 0.3 is 0 Å². The second-order valence-corrected chi connectivity index (χ2v) is 7.09. The van der Waals surface area contributed by atoms with Crippen LogP contribution < -0.4 is 29.8 Å². The summed E-state index contributed by atoms with van der Waals surface area (Å²) in [7, 11) is 0. The predicted octanol–water partition coefficient (Wildman–Crippen LogP) is 2.61. The summed E-state index contributed by atoms with van der Waals surface area (Å²) in [6.07, 6.45) is 0. The van der Waals surface area contributed by atoms with Crippen molar-refractivity contribution >= 4 is 11.6 Å². The zero-order chi connectivity index (χ0) is 21.4. The third-order valence-electron chi connectivity index (χ3n) is 5.05. The van der Waals surface area contributed by atoms with Gasteiger partial charge < -0.3 is 24.3 Å². The van der Waals surface area contributed by atoms with Crippen LogP contribution in [0.25, 0.3) is 11.3 Å². The van der Waals surface area contributed by atoms with Crippen LogP contribution in [0.3, 0.4) is 0 Å². The Bertz CT molecular complexity index is 1220. The molecule has 3 heterocycles. The molecule has 0 radical (unpaired) electrons. The van der Waals surface area contributed by atoms with E-state index in [9.17, 15) is 9.59 Å². The van der Waals surface area contributed by atoms with Crippen LogP contribution in [0.1, 0.15) is 13.0 Å². The average Bonchev–Trinajstić information content (AvgIpc) is 3.27. The van der Waals surface area contributed by atoms with Crippen LogP contribution >= 0.6 is 0 Å². The average molecular weight is 421 g/mol. The van der Waals surface area contributed by atoms with Gasteiger partial charge in [0.15, 0.2) is 23.0 Å². The molecule has 5 rings (SSSR count). The highest BCUT2D eigenvalue weighted by atomic mass is 16.7. The van der Waals surface area contributed by atoms with Gasteiger partial charge in [0.2, 0.25) is 12.7 Å². The maximum atomic E-state index is 12.8. The predicted molar refractivity (Wildman–Crippen MR) is 111 cm³/mol. The van der Waals surface area contributed by atoms with Gasteiger partial charge in [-0.2, -0.15) is 5.10 Å². The lowest BCUT2D eigenvalue weighted by Gasteiger charge is -2.20. The van der Waals surface area contributed by atoms with E-state index >= 15 is 0 Å². The van der Waals surface area contributed by atoms with Gasteiger partial charge in [0, 0.05) is 23.4 Å². The van der Waals surface area contributed by atoms with Crippen LogP contribution in [-0.2, 0) is 4.79 Å². The highest BCUT2D eigenvalue weighted by Crippen LogP contribution is 2.35. The molecule has 9 nitrogen and oxygen atoms in total. The van der Waals surface area contributed by atoms with Gasteiger partial charge in [-0.15, -0.1) is 0 Å². The zero-order valence-electron chi connectivity index (χ0n) is 16.7. The van der Waals surface area contributed by atoms with Crippen LogP contribution in [0.5, 0.6) is 23.0 Å². The van der Waals surface area contributed by atoms with Crippen molar-refractivity contribution in [1.29, 1.82) is 0 Å². The summed E-state index contributed by atoms with van der Waals surface area (Å²) in [6, 6.07) is 12.7. The summed E-state index contributed by atoms with van der Waals surface area (Å²) >= 11 is 0. The second kappa shape index (κ2) is 7.67. The molecule has 0 spiro atoms. The molecule has 2 aromatic carbocycles. The van der Waals surface area contributed by atoms with E-state index in [0.717, 1.165) is 10.2 Å². The Kier molecular flexibility index (Phi) is 4.70. The van der Waals surface area contributed by atoms with Crippen molar-refractivity contribution in [2.24, 2.45) is 0 Å². The second-order valence-electron chi connectivity index (χ2n) is 7.09. The Balaban J connectivity index is 1.38. The highest BCUT2D eigenvalue weighted by molar-refractivity contribution is 5.93. The standard InChI is InChI=1S/C22H19N3O6/c1-13(22(27)23-15-3-6-17-20(11-15)29-9-8-28-17)25-21(26)7-4-16(24-25)14-2-5-18-19(10-14)31-12-30-18/h2-7,10-11,13H,8-9,12H2,1H3,(H,23,27). The van der Waals surface area contributed by atoms with Crippen molar-refractivity contribution in [3.05, 3.63) is 58.9 Å². The molecule has 158 valence electrons. The van der Waals surface area contributed by atoms with Crippen LogP contribution in [0.4, 0.5) is 5.69 Å². The molecule has 3 aromatic rings. The van der Waals surface area contributed by atoms with Crippen molar-refractivity contribution in [3.63, 3.8) is 0 Å². The Morgan fingerprint density at radius 2 is 1.65 bits per heavy atom. The molecule has 31 heavy (non-hydrogen) atoms. The Labute approximate surface area is 177 Å². The van der Waals surface area contributed by atoms with Crippen LogP contribution in [0, 0.1) is 0 Å². The van der Waals surface area contributed by atoms with Gasteiger partial charge in [-0.1, -0.05) is 0 Å². The van der Waals surface area contributed by atoms with Gasteiger partial charge in [0.25, 0.3) is 5.56 Å². The van der Waals surface area contributed by atoms with Gasteiger partial charge in [0.05, 0.1) is 5.69 Å². The van der Waals surface area contributed by atoms with E-state index in [2.05, 4.69) is 10.4 Å². The normalized spacial score (nSPS) is 14.7. The fraction of sp³-hybridized carbons (Fsp3) is 0.227. The number of fused-ring (bicyclic) bond motifs is 2. The molecular formula is C22H19N3O6. The third kappa shape index (κ3) is 3.65. The maximum absolute atomic E-state index is 12.8. The Morgan fingerprint density at radius 3 is 2.52 bits per heavy atom. The van der Waals surface area contributed by atoms with Gasteiger partial charge in [-0.3, -0.25) is 9.59 Å². The number of hydrogen-bond donors (Lipinski definition) is 1. The summed E-state index contributed by atoms with van der Waals surface area (Å²) in [5.74, 6) is 2.09. The van der Waals surface area contributed by atoms with Crippen molar-refractivity contribution in [2.45, 2.75) is 13.0 Å². The summed E-state index contributed by atoms with van der Waals surface area (Å²) in [5, 5.41) is 7.20. The number of ether oxygens (including phenoxy) is 4. The largest absolute Gasteiger partial charge is 0.486 e. The topological polar surface area (TPSA) is 101 Å². The number of nitrogens with one attached hydrogen (secondary N) is 1. The Hall–Kier alpha value is -4.01. The molecule has 0 saturated heterocycles. The van der Waals surface area contributed by atoms with Crippen LogP contribution in [0.15, 0.2) is 53.3 Å². The first-order valence-corrected chi connectivity index (χ1v) is 9.79. The summed E-state index contributed by atoms with van der Waals surface area (Å²) in [4.78, 5) is 25.2. The van der Waals surface area contributed by atoms with E-state index in [-0.39, 0.29) is 18.3 Å². The molecule has 1 N–H and O–H groups in total. The van der Waals surface area contributed by atoms with E-state index in [1.165, 1.54) is 6.07 Å². The number of benzene rings is 2. The maximum Gasteiger partial charge on any atom is 0.267 e. The van der Waals surface area contributed by atoms with E-state index in [4.69, 9.17) is 18.9 Å². The monoisotopic (exact) mass is 421 g/mol. The molecule has 1 unspecified atom stereocenters. The van der Waals surface area contributed by atoms with Crippen LogP contribution in [0.2, 0.25) is 0 Å². The lowest BCUT2D eigenvalue weighted by atomic mass is 10.1. The molecule has 1 amide bonds. The molecule has 1 aromatic heterocycles. The van der Waals surface area contributed by atoms with E-state index in [1.54, 1.807) is 43.3 Å². The van der Waals surface area contributed by atoms with E-state index in [1.807, 2.05) is 6.07 Å². The first-order chi connectivity index (χ1) is 15.1. The van der Waals surface area contributed by atoms with Gasteiger partial charge in [-0.25, -0.2) is 4.68 Å².